The molecule has 7 nitrogen and oxygen atoms in total. The lowest BCUT2D eigenvalue weighted by atomic mass is 9.87. The average Bonchev–Trinajstić information content (AvgIpc) is 3.11. The van der Waals surface area contributed by atoms with E-state index in [1.165, 1.54) is 17.0 Å². The van der Waals surface area contributed by atoms with Crippen molar-refractivity contribution in [1.29, 1.82) is 0 Å². The lowest BCUT2D eigenvalue weighted by molar-refractivity contribution is -0.121. The number of hydrogen-bond acceptors (Lipinski definition) is 6. The largest absolute Gasteiger partial charge is 0.454 e. The van der Waals surface area contributed by atoms with E-state index in [0.29, 0.717) is 17.2 Å². The normalized spacial score (nSPS) is 22.6. The predicted molar refractivity (Wildman–Crippen MR) is 128 cm³/mol. The minimum atomic E-state index is -0.642. The number of Topliss-reactive ketones (excluding diaryl/α,β-unsaturated/α-hetero) is 1. The molecule has 1 saturated carbocycles. The fourth-order valence-electron chi connectivity index (χ4n) is 4.53. The summed E-state index contributed by atoms with van der Waals surface area (Å²) in [6.07, 6.45) is 4.43. The number of ketones is 1. The van der Waals surface area contributed by atoms with Crippen LogP contribution in [0.1, 0.15) is 65.3 Å². The summed E-state index contributed by atoms with van der Waals surface area (Å²) >= 11 is 0. The van der Waals surface area contributed by atoms with Crippen molar-refractivity contribution in [3.05, 3.63) is 65.2 Å². The Labute approximate surface area is 199 Å². The van der Waals surface area contributed by atoms with Gasteiger partial charge in [0, 0.05) is 11.6 Å². The van der Waals surface area contributed by atoms with E-state index in [-0.39, 0.29) is 42.2 Å². The van der Waals surface area contributed by atoms with Crippen molar-refractivity contribution in [3.63, 3.8) is 0 Å². The number of anilines is 1. The standard InChI is InChI=1S/C27H30N2O5/c1-17-3-7-19(8-4-17)24(30)16-34-27(33)20-9-13-22(14-10-20)29-25(31)15-23(26(29)32)28-21-11-5-18(2)6-12-21/h3-4,7-10,13-14,18,21,23,28H,5-6,11-12,15-16H2,1-2H3. The van der Waals surface area contributed by atoms with Crippen molar-refractivity contribution in [2.45, 2.75) is 58.0 Å². The molecule has 2 aromatic rings. The van der Waals surface area contributed by atoms with E-state index in [9.17, 15) is 19.2 Å². The highest BCUT2D eigenvalue weighted by molar-refractivity contribution is 6.22. The molecule has 1 saturated heterocycles. The van der Waals surface area contributed by atoms with Gasteiger partial charge in [0.15, 0.2) is 12.4 Å². The molecule has 4 rings (SSSR count). The molecule has 1 atom stereocenters. The third-order valence-electron chi connectivity index (χ3n) is 6.67. The summed E-state index contributed by atoms with van der Waals surface area (Å²) in [6, 6.07) is 12.9. The first-order valence-electron chi connectivity index (χ1n) is 11.8. The second kappa shape index (κ2) is 10.3. The number of amides is 2. The summed E-state index contributed by atoms with van der Waals surface area (Å²) < 4.78 is 5.15. The first kappa shape index (κ1) is 23.8. The van der Waals surface area contributed by atoms with Gasteiger partial charge in [-0.15, -0.1) is 0 Å². The van der Waals surface area contributed by atoms with E-state index >= 15 is 0 Å². The second-order valence-corrected chi connectivity index (χ2v) is 9.36. The molecule has 1 aliphatic carbocycles. The maximum atomic E-state index is 12.9. The van der Waals surface area contributed by atoms with Crippen LogP contribution in [0.5, 0.6) is 0 Å². The maximum Gasteiger partial charge on any atom is 0.338 e. The van der Waals surface area contributed by atoms with Crippen molar-refractivity contribution in [2.75, 3.05) is 11.5 Å². The molecule has 178 valence electrons. The Bertz CT molecular complexity index is 1070. The molecular formula is C27H30N2O5. The van der Waals surface area contributed by atoms with Gasteiger partial charge >= 0.3 is 5.97 Å². The lowest BCUT2D eigenvalue weighted by Crippen LogP contribution is -2.45. The maximum absolute atomic E-state index is 12.9. The molecule has 2 aliphatic rings. The summed E-state index contributed by atoms with van der Waals surface area (Å²) in [7, 11) is 0. The summed E-state index contributed by atoms with van der Waals surface area (Å²) in [5, 5.41) is 3.37. The van der Waals surface area contributed by atoms with Gasteiger partial charge in [-0.25, -0.2) is 9.69 Å². The molecule has 1 aliphatic heterocycles. The number of carbonyl (C=O) groups excluding carboxylic acids is 4. The van der Waals surface area contributed by atoms with Crippen LogP contribution in [0.15, 0.2) is 48.5 Å². The number of nitrogens with one attached hydrogen (secondary N) is 1. The van der Waals surface area contributed by atoms with Gasteiger partial charge in [0.1, 0.15) is 0 Å². The van der Waals surface area contributed by atoms with Gasteiger partial charge in [0.2, 0.25) is 5.91 Å². The van der Waals surface area contributed by atoms with Gasteiger partial charge in [-0.05, 0) is 62.8 Å². The van der Waals surface area contributed by atoms with E-state index in [1.807, 2.05) is 19.1 Å². The SMILES string of the molecule is Cc1ccc(C(=O)COC(=O)c2ccc(N3C(=O)CC(NC4CCC(C)CC4)C3=O)cc2)cc1. The van der Waals surface area contributed by atoms with Crippen LogP contribution in [-0.2, 0) is 14.3 Å². The van der Waals surface area contributed by atoms with Gasteiger partial charge in [0.25, 0.3) is 5.91 Å². The van der Waals surface area contributed by atoms with Crippen molar-refractivity contribution < 1.29 is 23.9 Å². The second-order valence-electron chi connectivity index (χ2n) is 9.36. The minimum Gasteiger partial charge on any atom is -0.454 e. The molecule has 2 fully saturated rings. The number of ether oxygens (including phenoxy) is 1. The number of rotatable bonds is 7. The summed E-state index contributed by atoms with van der Waals surface area (Å²) in [4.78, 5) is 51.3. The van der Waals surface area contributed by atoms with E-state index in [0.717, 1.165) is 31.2 Å². The Hall–Kier alpha value is -3.32. The highest BCUT2D eigenvalue weighted by Gasteiger charge is 2.40. The summed E-state index contributed by atoms with van der Waals surface area (Å²) in [5.74, 6) is -0.740. The van der Waals surface area contributed by atoms with Crippen LogP contribution in [-0.4, -0.2) is 42.3 Å². The number of hydrogen-bond donors (Lipinski definition) is 1. The van der Waals surface area contributed by atoms with Crippen LogP contribution in [0.2, 0.25) is 0 Å². The topological polar surface area (TPSA) is 92.8 Å². The molecule has 1 unspecified atom stereocenters. The van der Waals surface area contributed by atoms with Gasteiger partial charge in [-0.2, -0.15) is 0 Å². The van der Waals surface area contributed by atoms with Crippen molar-refractivity contribution in [2.24, 2.45) is 5.92 Å². The summed E-state index contributed by atoms with van der Waals surface area (Å²) in [5.41, 5.74) is 2.18. The Morgan fingerprint density at radius 2 is 1.56 bits per heavy atom. The van der Waals surface area contributed by atoms with Gasteiger partial charge in [-0.1, -0.05) is 36.8 Å². The molecule has 1 N–H and O–H groups in total. The number of carbonyl (C=O) groups is 4. The zero-order valence-corrected chi connectivity index (χ0v) is 19.6. The Balaban J connectivity index is 1.33. The van der Waals surface area contributed by atoms with E-state index in [2.05, 4.69) is 12.2 Å². The van der Waals surface area contributed by atoms with Crippen LogP contribution in [0.25, 0.3) is 0 Å². The fraction of sp³-hybridized carbons (Fsp3) is 0.407. The van der Waals surface area contributed by atoms with Gasteiger partial charge in [0.05, 0.1) is 23.7 Å². The summed E-state index contributed by atoms with van der Waals surface area (Å²) in [6.45, 7) is 3.80. The Morgan fingerprint density at radius 3 is 2.21 bits per heavy atom. The third-order valence-corrected chi connectivity index (χ3v) is 6.67. The molecule has 0 radical (unpaired) electrons. The number of imide groups is 1. The third kappa shape index (κ3) is 5.42. The number of benzene rings is 2. The Morgan fingerprint density at radius 1 is 0.941 bits per heavy atom. The average molecular weight is 463 g/mol. The molecule has 34 heavy (non-hydrogen) atoms. The predicted octanol–water partition coefficient (Wildman–Crippen LogP) is 3.83. The van der Waals surface area contributed by atoms with Crippen LogP contribution in [0.4, 0.5) is 5.69 Å². The molecule has 7 heteroatoms. The fourth-order valence-corrected chi connectivity index (χ4v) is 4.53. The van der Waals surface area contributed by atoms with Crippen LogP contribution < -0.4 is 10.2 Å². The van der Waals surface area contributed by atoms with Gasteiger partial charge < -0.3 is 10.1 Å². The van der Waals surface area contributed by atoms with Gasteiger partial charge in [-0.3, -0.25) is 14.4 Å². The van der Waals surface area contributed by atoms with Crippen LogP contribution >= 0.6 is 0 Å². The monoisotopic (exact) mass is 462 g/mol. The quantitative estimate of drug-likeness (QED) is 0.382. The lowest BCUT2D eigenvalue weighted by Gasteiger charge is -2.28. The molecule has 2 aromatic carbocycles. The van der Waals surface area contributed by atoms with Crippen molar-refractivity contribution in [1.82, 2.24) is 5.32 Å². The highest BCUT2D eigenvalue weighted by atomic mass is 16.5. The molecule has 0 bridgehead atoms. The zero-order valence-electron chi connectivity index (χ0n) is 19.6. The molecule has 0 spiro atoms. The van der Waals surface area contributed by atoms with E-state index < -0.39 is 12.0 Å². The van der Waals surface area contributed by atoms with Crippen molar-refractivity contribution in [3.8, 4) is 0 Å². The van der Waals surface area contributed by atoms with Crippen LogP contribution in [0.3, 0.4) is 0 Å². The first-order valence-corrected chi connectivity index (χ1v) is 11.8. The number of aryl methyl sites for hydroxylation is 1. The van der Waals surface area contributed by atoms with Crippen molar-refractivity contribution >= 4 is 29.3 Å². The Kier molecular flexibility index (Phi) is 7.22. The molecular weight excluding hydrogens is 432 g/mol. The molecule has 2 amide bonds. The van der Waals surface area contributed by atoms with E-state index in [4.69, 9.17) is 4.74 Å². The van der Waals surface area contributed by atoms with E-state index in [1.54, 1.807) is 24.3 Å². The molecule has 1 heterocycles. The zero-order chi connectivity index (χ0) is 24.2. The minimum absolute atomic E-state index is 0.135. The number of nitrogens with zero attached hydrogens (tertiary/aromatic N) is 1. The van der Waals surface area contributed by atoms with Crippen LogP contribution in [0, 0.1) is 12.8 Å². The highest BCUT2D eigenvalue weighted by Crippen LogP contribution is 2.27. The smallest absolute Gasteiger partial charge is 0.338 e. The number of esters is 1. The molecule has 0 aromatic heterocycles. The first-order chi connectivity index (χ1) is 16.3.